The number of halogens is 1. The van der Waals surface area contributed by atoms with E-state index < -0.39 is 0 Å². The average Bonchev–Trinajstić information content (AvgIpc) is 2.36. The van der Waals surface area contributed by atoms with E-state index in [1.54, 1.807) is 24.3 Å². The van der Waals surface area contributed by atoms with Gasteiger partial charge in [-0.05, 0) is 49.2 Å². The molecule has 0 saturated heterocycles. The smallest absolute Gasteiger partial charge is 0.257 e. The number of nitrogens with two attached hydrogens (primary N) is 1. The predicted octanol–water partition coefficient (Wildman–Crippen LogP) is 3.90. The number of hydrogen-bond acceptors (Lipinski definition) is 2. The number of aryl methyl sites for hydroxylation is 2. The number of anilines is 2. The molecule has 19 heavy (non-hydrogen) atoms. The zero-order valence-electron chi connectivity index (χ0n) is 10.8. The molecule has 0 bridgehead atoms. The van der Waals surface area contributed by atoms with E-state index in [2.05, 4.69) is 21.2 Å². The molecule has 1 amide bonds. The summed E-state index contributed by atoms with van der Waals surface area (Å²) in [6.07, 6.45) is 0. The highest BCUT2D eigenvalue weighted by molar-refractivity contribution is 9.10. The summed E-state index contributed by atoms with van der Waals surface area (Å²) in [7, 11) is 0. The Morgan fingerprint density at radius 3 is 2.32 bits per heavy atom. The fourth-order valence-electron chi connectivity index (χ4n) is 1.92. The van der Waals surface area contributed by atoms with Crippen LogP contribution in [0.5, 0.6) is 0 Å². The SMILES string of the molecule is Cc1cc(NC(=O)c2ccccc2N)cc(C)c1Br. The van der Waals surface area contributed by atoms with Crippen LogP contribution in [0, 0.1) is 13.8 Å². The van der Waals surface area contributed by atoms with Gasteiger partial charge >= 0.3 is 0 Å². The Hall–Kier alpha value is -1.81. The molecular weight excluding hydrogens is 304 g/mol. The molecule has 3 N–H and O–H groups in total. The zero-order chi connectivity index (χ0) is 14.0. The van der Waals surface area contributed by atoms with Gasteiger partial charge in [-0.25, -0.2) is 0 Å². The van der Waals surface area contributed by atoms with Gasteiger partial charge in [0.25, 0.3) is 5.91 Å². The Bertz CT molecular complexity index is 615. The second kappa shape index (κ2) is 5.45. The third kappa shape index (κ3) is 2.96. The number of carbonyl (C=O) groups excluding carboxylic acids is 1. The highest BCUT2D eigenvalue weighted by atomic mass is 79.9. The molecule has 2 rings (SSSR count). The first-order chi connectivity index (χ1) is 8.99. The predicted molar refractivity (Wildman–Crippen MR) is 82.4 cm³/mol. The van der Waals surface area contributed by atoms with Gasteiger partial charge in [-0.3, -0.25) is 4.79 Å². The van der Waals surface area contributed by atoms with Gasteiger partial charge < -0.3 is 11.1 Å². The first-order valence-corrected chi connectivity index (χ1v) is 6.71. The highest BCUT2D eigenvalue weighted by Gasteiger charge is 2.10. The van der Waals surface area contributed by atoms with Crippen molar-refractivity contribution in [3.8, 4) is 0 Å². The van der Waals surface area contributed by atoms with Crippen molar-refractivity contribution in [2.75, 3.05) is 11.1 Å². The van der Waals surface area contributed by atoms with E-state index in [1.807, 2.05) is 26.0 Å². The molecule has 2 aromatic carbocycles. The third-order valence-corrected chi connectivity index (χ3v) is 4.15. The molecule has 2 aromatic rings. The Kier molecular flexibility index (Phi) is 3.90. The van der Waals surface area contributed by atoms with Gasteiger partial charge in [0, 0.05) is 15.8 Å². The molecule has 0 aromatic heterocycles. The van der Waals surface area contributed by atoms with Gasteiger partial charge in [-0.15, -0.1) is 0 Å². The lowest BCUT2D eigenvalue weighted by Gasteiger charge is -2.10. The number of hydrogen-bond donors (Lipinski definition) is 2. The van der Waals surface area contributed by atoms with Crippen LogP contribution in [-0.4, -0.2) is 5.91 Å². The number of rotatable bonds is 2. The van der Waals surface area contributed by atoms with Gasteiger partial charge in [0.05, 0.1) is 5.56 Å². The number of carbonyl (C=O) groups is 1. The third-order valence-electron chi connectivity index (χ3n) is 2.90. The molecular formula is C15H15BrN2O. The molecule has 98 valence electrons. The normalized spacial score (nSPS) is 10.3. The van der Waals surface area contributed by atoms with E-state index in [-0.39, 0.29) is 5.91 Å². The Balaban J connectivity index is 2.27. The minimum absolute atomic E-state index is 0.195. The van der Waals surface area contributed by atoms with Crippen molar-refractivity contribution < 1.29 is 4.79 Å². The second-order valence-electron chi connectivity index (χ2n) is 4.47. The van der Waals surface area contributed by atoms with Crippen molar-refractivity contribution in [2.45, 2.75) is 13.8 Å². The fourth-order valence-corrected chi connectivity index (χ4v) is 2.15. The molecule has 0 aliphatic carbocycles. The molecule has 0 saturated carbocycles. The first kappa shape index (κ1) is 13.6. The number of nitrogen functional groups attached to an aromatic ring is 1. The highest BCUT2D eigenvalue weighted by Crippen LogP contribution is 2.25. The van der Waals surface area contributed by atoms with Crippen molar-refractivity contribution in [2.24, 2.45) is 0 Å². The van der Waals surface area contributed by atoms with Crippen molar-refractivity contribution in [1.29, 1.82) is 0 Å². The molecule has 0 spiro atoms. The fraction of sp³-hybridized carbons (Fsp3) is 0.133. The summed E-state index contributed by atoms with van der Waals surface area (Å²) in [5.74, 6) is -0.195. The zero-order valence-corrected chi connectivity index (χ0v) is 12.4. The summed E-state index contributed by atoms with van der Waals surface area (Å²) in [6.45, 7) is 3.98. The van der Waals surface area contributed by atoms with Gasteiger partial charge in [0.1, 0.15) is 0 Å². The maximum atomic E-state index is 12.1. The van der Waals surface area contributed by atoms with Crippen LogP contribution in [-0.2, 0) is 0 Å². The van der Waals surface area contributed by atoms with Crippen LogP contribution in [0.3, 0.4) is 0 Å². The van der Waals surface area contributed by atoms with E-state index in [0.717, 1.165) is 21.3 Å². The monoisotopic (exact) mass is 318 g/mol. The summed E-state index contributed by atoms with van der Waals surface area (Å²) in [5, 5.41) is 2.87. The van der Waals surface area contributed by atoms with Crippen molar-refractivity contribution in [3.05, 3.63) is 57.6 Å². The van der Waals surface area contributed by atoms with Crippen LogP contribution >= 0.6 is 15.9 Å². The Labute approximate surface area is 121 Å². The molecule has 3 nitrogen and oxygen atoms in total. The van der Waals surface area contributed by atoms with Crippen molar-refractivity contribution >= 4 is 33.2 Å². The average molecular weight is 319 g/mol. The molecule has 0 aliphatic rings. The topological polar surface area (TPSA) is 55.1 Å². The number of amides is 1. The van der Waals surface area contributed by atoms with Crippen molar-refractivity contribution in [3.63, 3.8) is 0 Å². The van der Waals surface area contributed by atoms with Crippen molar-refractivity contribution in [1.82, 2.24) is 0 Å². The van der Waals surface area contributed by atoms with Crippen LogP contribution in [0.1, 0.15) is 21.5 Å². The molecule has 0 aliphatic heterocycles. The van der Waals surface area contributed by atoms with E-state index in [0.29, 0.717) is 11.3 Å². The van der Waals surface area contributed by atoms with Crippen LogP contribution < -0.4 is 11.1 Å². The molecule has 0 fully saturated rings. The number of nitrogens with one attached hydrogen (secondary N) is 1. The quantitative estimate of drug-likeness (QED) is 0.825. The molecule has 0 unspecified atom stereocenters. The molecule has 0 heterocycles. The number of benzene rings is 2. The summed E-state index contributed by atoms with van der Waals surface area (Å²) < 4.78 is 1.06. The lowest BCUT2D eigenvalue weighted by atomic mass is 10.1. The number of para-hydroxylation sites is 1. The van der Waals surface area contributed by atoms with Gasteiger partial charge in [-0.2, -0.15) is 0 Å². The minimum Gasteiger partial charge on any atom is -0.398 e. The largest absolute Gasteiger partial charge is 0.398 e. The van der Waals surface area contributed by atoms with Gasteiger partial charge in [-0.1, -0.05) is 28.1 Å². The maximum absolute atomic E-state index is 12.1. The van der Waals surface area contributed by atoms with E-state index in [4.69, 9.17) is 5.73 Å². The first-order valence-electron chi connectivity index (χ1n) is 5.91. The summed E-state index contributed by atoms with van der Waals surface area (Å²) in [5.41, 5.74) is 9.68. The van der Waals surface area contributed by atoms with E-state index >= 15 is 0 Å². The summed E-state index contributed by atoms with van der Waals surface area (Å²) in [4.78, 5) is 12.1. The van der Waals surface area contributed by atoms with E-state index in [9.17, 15) is 4.79 Å². The maximum Gasteiger partial charge on any atom is 0.257 e. The van der Waals surface area contributed by atoms with Crippen LogP contribution in [0.2, 0.25) is 0 Å². The summed E-state index contributed by atoms with van der Waals surface area (Å²) in [6, 6.07) is 10.9. The van der Waals surface area contributed by atoms with Crippen LogP contribution in [0.25, 0.3) is 0 Å². The lowest BCUT2D eigenvalue weighted by molar-refractivity contribution is 0.102. The van der Waals surface area contributed by atoms with Gasteiger partial charge in [0.15, 0.2) is 0 Å². The van der Waals surface area contributed by atoms with E-state index in [1.165, 1.54) is 0 Å². The molecule has 0 radical (unpaired) electrons. The standard InChI is InChI=1S/C15H15BrN2O/c1-9-7-11(8-10(2)14(9)16)18-15(19)12-5-3-4-6-13(12)17/h3-8H,17H2,1-2H3,(H,18,19). The molecule has 0 atom stereocenters. The second-order valence-corrected chi connectivity index (χ2v) is 5.26. The Morgan fingerprint density at radius 1 is 1.16 bits per heavy atom. The Morgan fingerprint density at radius 2 is 1.74 bits per heavy atom. The lowest BCUT2D eigenvalue weighted by Crippen LogP contribution is -2.14. The molecule has 4 heteroatoms. The van der Waals surface area contributed by atoms with Crippen LogP contribution in [0.15, 0.2) is 40.9 Å². The minimum atomic E-state index is -0.195. The van der Waals surface area contributed by atoms with Gasteiger partial charge in [0.2, 0.25) is 0 Å². The summed E-state index contributed by atoms with van der Waals surface area (Å²) >= 11 is 3.50. The van der Waals surface area contributed by atoms with Crippen LogP contribution in [0.4, 0.5) is 11.4 Å².